The number of carbonyl (C=O) groups is 3. The molecular formula is C29H29Cl2NO6. The number of ether oxygens (including phenoxy) is 3. The highest BCUT2D eigenvalue weighted by molar-refractivity contribution is 6.35. The number of esters is 2. The Morgan fingerprint density at radius 2 is 1.74 bits per heavy atom. The average Bonchev–Trinajstić information content (AvgIpc) is 2.88. The Hall–Kier alpha value is -3.29. The van der Waals surface area contributed by atoms with Crippen LogP contribution in [0.15, 0.2) is 65.0 Å². The van der Waals surface area contributed by atoms with Gasteiger partial charge in [0.15, 0.2) is 5.78 Å². The van der Waals surface area contributed by atoms with Gasteiger partial charge < -0.3 is 19.5 Å². The molecule has 9 heteroatoms. The Balaban J connectivity index is 1.95. The van der Waals surface area contributed by atoms with E-state index in [9.17, 15) is 14.4 Å². The Labute approximate surface area is 231 Å². The maximum atomic E-state index is 14.4. The van der Waals surface area contributed by atoms with Crippen molar-refractivity contribution in [3.63, 3.8) is 0 Å². The average molecular weight is 558 g/mol. The van der Waals surface area contributed by atoms with Crippen molar-refractivity contribution < 1.29 is 28.6 Å². The van der Waals surface area contributed by atoms with E-state index in [2.05, 4.69) is 5.32 Å². The zero-order valence-electron chi connectivity index (χ0n) is 21.6. The van der Waals surface area contributed by atoms with Crippen LogP contribution in [-0.2, 0) is 23.9 Å². The number of allylic oxidation sites excluding steroid dienone is 3. The minimum atomic E-state index is -1.15. The van der Waals surface area contributed by atoms with Gasteiger partial charge in [-0.1, -0.05) is 47.5 Å². The molecule has 1 aliphatic carbocycles. The van der Waals surface area contributed by atoms with Gasteiger partial charge in [-0.05, 0) is 56.5 Å². The molecule has 2 aliphatic rings. The monoisotopic (exact) mass is 557 g/mol. The van der Waals surface area contributed by atoms with E-state index in [1.807, 2.05) is 18.2 Å². The van der Waals surface area contributed by atoms with Crippen molar-refractivity contribution in [1.82, 2.24) is 5.32 Å². The van der Waals surface area contributed by atoms with Gasteiger partial charge in [-0.3, -0.25) is 9.59 Å². The minimum absolute atomic E-state index is 0.116. The molecule has 0 unspecified atom stereocenters. The van der Waals surface area contributed by atoms with Gasteiger partial charge in [-0.25, -0.2) is 4.79 Å². The topological polar surface area (TPSA) is 90.9 Å². The second-order valence-corrected chi connectivity index (χ2v) is 9.87. The maximum absolute atomic E-state index is 14.4. The number of ketones is 1. The molecule has 0 spiro atoms. The van der Waals surface area contributed by atoms with Crippen LogP contribution in [0.2, 0.25) is 10.0 Å². The highest BCUT2D eigenvalue weighted by Gasteiger charge is 2.50. The number of para-hydroxylation sites is 1. The fourth-order valence-corrected chi connectivity index (χ4v) is 5.85. The van der Waals surface area contributed by atoms with Crippen LogP contribution in [0.3, 0.4) is 0 Å². The normalized spacial score (nSPS) is 21.0. The molecular weight excluding hydrogens is 529 g/mol. The molecule has 1 N–H and O–H groups in total. The Morgan fingerprint density at radius 1 is 1.03 bits per heavy atom. The van der Waals surface area contributed by atoms with E-state index in [1.165, 1.54) is 0 Å². The lowest BCUT2D eigenvalue weighted by molar-refractivity contribution is -0.152. The number of methoxy groups -OCH3 is 1. The second kappa shape index (κ2) is 11.6. The zero-order valence-corrected chi connectivity index (χ0v) is 23.1. The summed E-state index contributed by atoms with van der Waals surface area (Å²) in [7, 11) is 1.55. The molecule has 1 heterocycles. The summed E-state index contributed by atoms with van der Waals surface area (Å²) in [6, 6.07) is 12.2. The van der Waals surface area contributed by atoms with Crippen LogP contribution >= 0.6 is 23.2 Å². The first-order chi connectivity index (χ1) is 18.2. The number of carbonyl (C=O) groups excluding carboxylic acids is 3. The van der Waals surface area contributed by atoms with Gasteiger partial charge in [-0.2, -0.15) is 0 Å². The lowest BCUT2D eigenvalue weighted by atomic mass is 9.67. The Kier molecular flexibility index (Phi) is 8.48. The molecule has 0 bridgehead atoms. The summed E-state index contributed by atoms with van der Waals surface area (Å²) in [6.07, 6.45) is 0.306. The van der Waals surface area contributed by atoms with Crippen LogP contribution in [0.5, 0.6) is 5.75 Å². The third-order valence-corrected chi connectivity index (χ3v) is 7.43. The first-order valence-electron chi connectivity index (χ1n) is 12.4. The third kappa shape index (κ3) is 5.05. The highest BCUT2D eigenvalue weighted by atomic mass is 35.5. The van der Waals surface area contributed by atoms with Crippen LogP contribution in [0, 0.1) is 5.92 Å². The molecule has 3 atom stereocenters. The number of dihydropyridines is 1. The smallest absolute Gasteiger partial charge is 0.336 e. The molecule has 4 rings (SSSR count). The number of rotatable bonds is 7. The lowest BCUT2D eigenvalue weighted by Gasteiger charge is -2.39. The van der Waals surface area contributed by atoms with Gasteiger partial charge in [0.1, 0.15) is 11.7 Å². The Morgan fingerprint density at radius 3 is 2.39 bits per heavy atom. The van der Waals surface area contributed by atoms with Crippen LogP contribution < -0.4 is 10.1 Å². The van der Waals surface area contributed by atoms with Crippen molar-refractivity contribution in [3.05, 3.63) is 86.2 Å². The van der Waals surface area contributed by atoms with Crippen LogP contribution in [0.4, 0.5) is 0 Å². The number of hydrogen-bond donors (Lipinski definition) is 1. The molecule has 0 amide bonds. The van der Waals surface area contributed by atoms with Gasteiger partial charge in [0.2, 0.25) is 0 Å². The number of halogens is 2. The number of nitrogens with one attached hydrogen (secondary N) is 1. The first kappa shape index (κ1) is 27.7. The number of benzene rings is 2. The molecule has 7 nitrogen and oxygen atoms in total. The third-order valence-electron chi connectivity index (χ3n) is 6.87. The summed E-state index contributed by atoms with van der Waals surface area (Å²) in [5, 5.41) is 3.98. The van der Waals surface area contributed by atoms with E-state index in [0.29, 0.717) is 39.7 Å². The van der Waals surface area contributed by atoms with Gasteiger partial charge in [-0.15, -0.1) is 0 Å². The van der Waals surface area contributed by atoms with Crippen LogP contribution in [-0.4, -0.2) is 38.0 Å². The molecule has 0 saturated carbocycles. The van der Waals surface area contributed by atoms with Crippen molar-refractivity contribution in [2.45, 2.75) is 39.0 Å². The summed E-state index contributed by atoms with van der Waals surface area (Å²) in [4.78, 5) is 40.9. The maximum Gasteiger partial charge on any atom is 0.336 e. The van der Waals surface area contributed by atoms with E-state index in [4.69, 9.17) is 37.4 Å². The van der Waals surface area contributed by atoms with E-state index < -0.39 is 35.5 Å². The summed E-state index contributed by atoms with van der Waals surface area (Å²) >= 11 is 12.8. The number of Topliss-reactive ketones (excluding diaryl/α,β-unsaturated/α-hetero) is 1. The summed E-state index contributed by atoms with van der Waals surface area (Å²) in [5.41, 5.74) is 2.91. The standard InChI is InChI=1S/C29H29Cl2NO6/c1-5-37-28(34)23-15(3)32-21-14-19(17-9-7-8-10-22(17)36-4)25(29(35)38-6-2)27(33)26(21)24(23)18-12-11-16(30)13-20(18)31/h7-13,19,24-25,32H,5-6,14H2,1-4H3/t19-,24-,25+/m0/s1. The summed E-state index contributed by atoms with van der Waals surface area (Å²) in [5.74, 6) is -3.66. The lowest BCUT2D eigenvalue weighted by Crippen LogP contribution is -2.43. The van der Waals surface area contributed by atoms with Crippen molar-refractivity contribution in [2.75, 3.05) is 20.3 Å². The molecule has 2 aromatic rings. The molecule has 0 radical (unpaired) electrons. The second-order valence-electron chi connectivity index (χ2n) is 9.02. The molecule has 38 heavy (non-hydrogen) atoms. The van der Waals surface area contributed by atoms with Crippen molar-refractivity contribution in [2.24, 2.45) is 5.92 Å². The van der Waals surface area contributed by atoms with E-state index in [0.717, 1.165) is 0 Å². The van der Waals surface area contributed by atoms with Crippen LogP contribution in [0.25, 0.3) is 0 Å². The number of hydrogen-bond acceptors (Lipinski definition) is 7. The van der Waals surface area contributed by atoms with Crippen molar-refractivity contribution in [3.8, 4) is 5.75 Å². The summed E-state index contributed by atoms with van der Waals surface area (Å²) < 4.78 is 16.3. The van der Waals surface area contributed by atoms with Crippen molar-refractivity contribution >= 4 is 40.9 Å². The molecule has 2 aromatic carbocycles. The first-order valence-corrected chi connectivity index (χ1v) is 13.2. The summed E-state index contributed by atoms with van der Waals surface area (Å²) in [6.45, 7) is 5.42. The fourth-order valence-electron chi connectivity index (χ4n) is 5.33. The molecule has 1 aliphatic heterocycles. The zero-order chi connectivity index (χ0) is 27.6. The van der Waals surface area contributed by atoms with E-state index >= 15 is 0 Å². The SMILES string of the molecule is CCOC(=O)C1=C(C)NC2=C(C(=O)[C@H](C(=O)OCC)[C@H](c3ccccc3OC)C2)[C@H]1c1ccc(Cl)cc1Cl. The van der Waals surface area contributed by atoms with E-state index in [-0.39, 0.29) is 29.4 Å². The quantitative estimate of drug-likeness (QED) is 0.344. The fraction of sp³-hybridized carbons (Fsp3) is 0.345. The van der Waals surface area contributed by atoms with Gasteiger partial charge in [0, 0.05) is 38.8 Å². The predicted molar refractivity (Wildman–Crippen MR) is 144 cm³/mol. The molecule has 0 fully saturated rings. The minimum Gasteiger partial charge on any atom is -0.496 e. The molecule has 200 valence electrons. The highest BCUT2D eigenvalue weighted by Crippen LogP contribution is 2.50. The van der Waals surface area contributed by atoms with Gasteiger partial charge in [0.05, 0.1) is 25.9 Å². The Bertz CT molecular complexity index is 1350. The molecule has 0 aromatic heterocycles. The van der Waals surface area contributed by atoms with E-state index in [1.54, 1.807) is 52.1 Å². The molecule has 0 saturated heterocycles. The predicted octanol–water partition coefficient (Wildman–Crippen LogP) is 5.72. The van der Waals surface area contributed by atoms with Gasteiger partial charge in [0.25, 0.3) is 0 Å². The largest absolute Gasteiger partial charge is 0.496 e. The van der Waals surface area contributed by atoms with Crippen LogP contribution in [0.1, 0.15) is 50.2 Å². The van der Waals surface area contributed by atoms with Gasteiger partial charge >= 0.3 is 11.9 Å². The van der Waals surface area contributed by atoms with Crippen molar-refractivity contribution in [1.29, 1.82) is 0 Å².